The summed E-state index contributed by atoms with van der Waals surface area (Å²) >= 11 is 6.35. The van der Waals surface area contributed by atoms with Gasteiger partial charge in [0.15, 0.2) is 0 Å². The van der Waals surface area contributed by atoms with Crippen molar-refractivity contribution < 1.29 is 14.3 Å². The number of piperidine rings is 1. The zero-order valence-corrected chi connectivity index (χ0v) is 27.0. The van der Waals surface area contributed by atoms with Crippen LogP contribution < -0.4 is 9.47 Å². The van der Waals surface area contributed by atoms with Crippen LogP contribution in [-0.4, -0.2) is 72.0 Å². The number of ether oxygens (including phenoxy) is 2. The normalized spacial score (nSPS) is 20.8. The molecule has 2 saturated heterocycles. The Morgan fingerprint density at radius 3 is 2.24 bits per heavy atom. The van der Waals surface area contributed by atoms with Crippen LogP contribution in [0.15, 0.2) is 71.7 Å². The molecule has 6 rings (SSSR count). The Balaban J connectivity index is 1.45. The van der Waals surface area contributed by atoms with Crippen molar-refractivity contribution in [2.75, 3.05) is 33.3 Å². The number of hydrogen-bond acceptors (Lipinski definition) is 5. The quantitative estimate of drug-likeness (QED) is 0.258. The van der Waals surface area contributed by atoms with Gasteiger partial charge in [0.05, 0.1) is 24.8 Å². The van der Waals surface area contributed by atoms with E-state index in [2.05, 4.69) is 10.8 Å². The van der Waals surface area contributed by atoms with Crippen molar-refractivity contribution in [3.63, 3.8) is 0 Å². The van der Waals surface area contributed by atoms with Crippen LogP contribution in [0.25, 0.3) is 0 Å². The fourth-order valence-corrected chi connectivity index (χ4v) is 6.94. The first-order valence-electron chi connectivity index (χ1n) is 15.9. The summed E-state index contributed by atoms with van der Waals surface area (Å²) in [5.41, 5.74) is 3.45. The maximum absolute atomic E-state index is 14.8. The number of methoxy groups -OCH3 is 1. The van der Waals surface area contributed by atoms with Gasteiger partial charge in [0.1, 0.15) is 23.4 Å². The van der Waals surface area contributed by atoms with E-state index in [9.17, 15) is 4.79 Å². The van der Waals surface area contributed by atoms with Crippen molar-refractivity contribution in [2.24, 2.45) is 4.99 Å². The van der Waals surface area contributed by atoms with Crippen molar-refractivity contribution in [1.29, 1.82) is 0 Å². The lowest BCUT2D eigenvalue weighted by Crippen LogP contribution is -2.52. The van der Waals surface area contributed by atoms with E-state index in [4.69, 9.17) is 32.5 Å². The molecule has 45 heavy (non-hydrogen) atoms. The first-order chi connectivity index (χ1) is 21.9. The largest absolute Gasteiger partial charge is 0.497 e. The van der Waals surface area contributed by atoms with Gasteiger partial charge in [-0.2, -0.15) is 0 Å². The molecule has 3 aromatic carbocycles. The number of benzene rings is 3. The average Bonchev–Trinajstić information content (AvgIpc) is 3.74. The highest BCUT2D eigenvalue weighted by atomic mass is 35.5. The summed E-state index contributed by atoms with van der Waals surface area (Å²) in [7, 11) is 1.63. The second kappa shape index (κ2) is 13.6. The lowest BCUT2D eigenvalue weighted by Gasteiger charge is -2.40. The number of carbonyl (C=O) groups is 1. The maximum Gasteiger partial charge on any atom is 0.326 e. The summed E-state index contributed by atoms with van der Waals surface area (Å²) in [4.78, 5) is 26.7. The monoisotopic (exact) mass is 624 g/mol. The number of terminal acetylenes is 1. The molecule has 8 heteroatoms. The van der Waals surface area contributed by atoms with Crippen molar-refractivity contribution in [1.82, 2.24) is 14.7 Å². The Hall–Kier alpha value is -3.99. The third kappa shape index (κ3) is 6.54. The molecule has 234 valence electrons. The van der Waals surface area contributed by atoms with Crippen LogP contribution in [0.2, 0.25) is 5.02 Å². The number of amides is 2. The van der Waals surface area contributed by atoms with Gasteiger partial charge in [-0.15, -0.1) is 6.42 Å². The lowest BCUT2D eigenvalue weighted by atomic mass is 9.93. The second-order valence-electron chi connectivity index (χ2n) is 12.3. The number of nitrogens with zero attached hydrogens (tertiary/aromatic N) is 4. The van der Waals surface area contributed by atoms with Crippen molar-refractivity contribution in [2.45, 2.75) is 63.8 Å². The second-order valence-corrected chi connectivity index (χ2v) is 12.7. The predicted octanol–water partition coefficient (Wildman–Crippen LogP) is 7.34. The molecule has 3 aliphatic rings. The standard InChI is InChI=1S/C37H41ClN4O3/c1-5-26-8-10-27(11-9-26)34-35(28-12-14-29(38)15-13-28)42(37(43)41-22-18-30(19-23-41)40-20-6-7-21-40)36(39-34)32-17-16-31(44-4)24-33(32)45-25(2)3/h1,8-17,24-25,30,34-35H,6-7,18-23H2,2-4H3/t34-,35+/m1/s1. The molecule has 0 radical (unpaired) electrons. The average molecular weight is 625 g/mol. The molecule has 7 nitrogen and oxygen atoms in total. The Kier molecular flexibility index (Phi) is 9.34. The third-order valence-electron chi connectivity index (χ3n) is 9.09. The smallest absolute Gasteiger partial charge is 0.326 e. The lowest BCUT2D eigenvalue weighted by molar-refractivity contribution is 0.117. The number of rotatable bonds is 7. The van der Waals surface area contributed by atoms with Gasteiger partial charge in [-0.05, 0) is 100 Å². The van der Waals surface area contributed by atoms with E-state index >= 15 is 0 Å². The van der Waals surface area contributed by atoms with Gasteiger partial charge in [-0.25, -0.2) is 4.79 Å². The molecule has 0 spiro atoms. The molecule has 0 unspecified atom stereocenters. The topological polar surface area (TPSA) is 57.6 Å². The minimum atomic E-state index is -0.410. The van der Waals surface area contributed by atoms with E-state index in [-0.39, 0.29) is 18.2 Å². The number of likely N-dealkylation sites (tertiary alicyclic amines) is 2. The first-order valence-corrected chi connectivity index (χ1v) is 16.3. The number of amidine groups is 1. The minimum Gasteiger partial charge on any atom is -0.497 e. The highest BCUT2D eigenvalue weighted by Gasteiger charge is 2.45. The summed E-state index contributed by atoms with van der Waals surface area (Å²) in [6.45, 7) is 7.71. The molecule has 0 N–H and O–H groups in total. The van der Waals surface area contributed by atoms with Gasteiger partial charge < -0.3 is 19.3 Å². The Labute approximate surface area is 271 Å². The molecule has 2 amide bonds. The Bertz CT molecular complexity index is 1570. The maximum atomic E-state index is 14.8. The molecule has 3 heterocycles. The Morgan fingerprint density at radius 2 is 1.62 bits per heavy atom. The summed E-state index contributed by atoms with van der Waals surface area (Å²) in [5.74, 6) is 4.57. The summed E-state index contributed by atoms with van der Waals surface area (Å²) < 4.78 is 11.9. The molecule has 3 aliphatic heterocycles. The van der Waals surface area contributed by atoms with E-state index in [0.29, 0.717) is 41.5 Å². The van der Waals surface area contributed by atoms with Crippen LogP contribution in [0.4, 0.5) is 4.79 Å². The summed E-state index contributed by atoms with van der Waals surface area (Å²) in [6.07, 6.45) is 10.1. The zero-order valence-electron chi connectivity index (χ0n) is 26.3. The number of hydrogen-bond donors (Lipinski definition) is 0. The van der Waals surface area contributed by atoms with Crippen LogP contribution in [-0.2, 0) is 0 Å². The van der Waals surface area contributed by atoms with E-state index in [1.165, 1.54) is 12.8 Å². The summed E-state index contributed by atoms with van der Waals surface area (Å²) in [6, 6.07) is 21.0. The zero-order chi connectivity index (χ0) is 31.5. The molecule has 0 aromatic heterocycles. The van der Waals surface area contributed by atoms with Crippen LogP contribution in [0.1, 0.15) is 73.9 Å². The molecule has 0 aliphatic carbocycles. The number of urea groups is 1. The third-order valence-corrected chi connectivity index (χ3v) is 9.34. The predicted molar refractivity (Wildman–Crippen MR) is 179 cm³/mol. The van der Waals surface area contributed by atoms with Gasteiger partial charge >= 0.3 is 6.03 Å². The minimum absolute atomic E-state index is 0.0531. The van der Waals surface area contributed by atoms with Crippen LogP contribution in [0.5, 0.6) is 11.5 Å². The molecule has 3 aromatic rings. The van der Waals surface area contributed by atoms with Crippen molar-refractivity contribution in [3.8, 4) is 23.8 Å². The molecular formula is C37H41ClN4O3. The van der Waals surface area contributed by atoms with Gasteiger partial charge in [-0.1, -0.05) is 41.8 Å². The van der Waals surface area contributed by atoms with E-state index in [1.807, 2.05) is 90.4 Å². The van der Waals surface area contributed by atoms with E-state index in [1.54, 1.807) is 7.11 Å². The SMILES string of the molecule is C#Cc1ccc([C@H]2N=C(c3ccc(OC)cc3OC(C)C)N(C(=O)N3CCC(N4CCCC4)CC3)[C@H]2c2ccc(Cl)cc2)cc1. The number of aliphatic imine (C=N–C) groups is 1. The summed E-state index contributed by atoms with van der Waals surface area (Å²) in [5, 5.41) is 0.637. The molecule has 2 atom stereocenters. The first kappa shape index (κ1) is 31.0. The highest BCUT2D eigenvalue weighted by molar-refractivity contribution is 6.30. The molecule has 0 saturated carbocycles. The van der Waals surface area contributed by atoms with E-state index in [0.717, 1.165) is 48.2 Å². The van der Waals surface area contributed by atoms with Crippen LogP contribution in [0, 0.1) is 12.3 Å². The van der Waals surface area contributed by atoms with Crippen LogP contribution in [0.3, 0.4) is 0 Å². The van der Waals surface area contributed by atoms with Crippen LogP contribution >= 0.6 is 11.6 Å². The van der Waals surface area contributed by atoms with Crippen molar-refractivity contribution in [3.05, 3.63) is 94.0 Å². The molecule has 0 bridgehead atoms. The van der Waals surface area contributed by atoms with Gasteiger partial charge in [0.2, 0.25) is 0 Å². The number of halogens is 1. The van der Waals surface area contributed by atoms with Gasteiger partial charge in [0, 0.05) is 35.8 Å². The fourth-order valence-electron chi connectivity index (χ4n) is 6.82. The number of carbonyl (C=O) groups excluding carboxylic acids is 1. The van der Waals surface area contributed by atoms with Crippen molar-refractivity contribution >= 4 is 23.5 Å². The van der Waals surface area contributed by atoms with E-state index < -0.39 is 6.04 Å². The molecular weight excluding hydrogens is 584 g/mol. The fraction of sp³-hybridized carbons (Fsp3) is 0.405. The Morgan fingerprint density at radius 1 is 0.956 bits per heavy atom. The van der Waals surface area contributed by atoms with Gasteiger partial charge in [-0.3, -0.25) is 9.89 Å². The van der Waals surface area contributed by atoms with Gasteiger partial charge in [0.25, 0.3) is 0 Å². The molecule has 2 fully saturated rings. The highest BCUT2D eigenvalue weighted by Crippen LogP contribution is 2.46.